The zero-order valence-corrected chi connectivity index (χ0v) is 12.5. The number of aliphatic hydroxyl groups is 1. The van der Waals surface area contributed by atoms with Crippen molar-refractivity contribution in [3.8, 4) is 11.5 Å². The molecule has 2 rings (SSSR count). The molecule has 1 fully saturated rings. The van der Waals surface area contributed by atoms with Gasteiger partial charge in [-0.1, -0.05) is 6.07 Å². The number of hydrogen-bond acceptors (Lipinski definition) is 5. The van der Waals surface area contributed by atoms with E-state index in [-0.39, 0.29) is 18.6 Å². The molecule has 1 aromatic rings. The fourth-order valence-electron chi connectivity index (χ4n) is 2.40. The summed E-state index contributed by atoms with van der Waals surface area (Å²) in [4.78, 5) is 12.4. The quantitative estimate of drug-likeness (QED) is 0.846. The number of rotatable bonds is 5. The van der Waals surface area contributed by atoms with Gasteiger partial charge in [-0.05, 0) is 19.1 Å². The van der Waals surface area contributed by atoms with Gasteiger partial charge in [-0.25, -0.2) is 0 Å². The third-order valence-corrected chi connectivity index (χ3v) is 3.87. The highest BCUT2D eigenvalue weighted by molar-refractivity contribution is 5.99. The maximum absolute atomic E-state index is 12.4. The summed E-state index contributed by atoms with van der Waals surface area (Å²) in [5, 5.41) is 13.1. The molecule has 1 saturated heterocycles. The van der Waals surface area contributed by atoms with Crippen LogP contribution in [0.1, 0.15) is 23.7 Å². The van der Waals surface area contributed by atoms with Gasteiger partial charge < -0.3 is 24.6 Å². The molecule has 6 nitrogen and oxygen atoms in total. The lowest BCUT2D eigenvalue weighted by Crippen LogP contribution is -2.47. The minimum Gasteiger partial charge on any atom is -0.496 e. The molecule has 0 spiro atoms. The van der Waals surface area contributed by atoms with Gasteiger partial charge in [0, 0.05) is 19.6 Å². The van der Waals surface area contributed by atoms with E-state index in [1.54, 1.807) is 25.1 Å². The molecule has 1 aliphatic heterocycles. The number of methoxy groups -OCH3 is 2. The molecule has 0 aliphatic carbocycles. The normalized spacial score (nSPS) is 24.7. The molecule has 1 amide bonds. The van der Waals surface area contributed by atoms with Gasteiger partial charge in [0.15, 0.2) is 0 Å². The third kappa shape index (κ3) is 3.11. The van der Waals surface area contributed by atoms with E-state index in [0.717, 1.165) is 0 Å². The Morgan fingerprint density at radius 3 is 2.52 bits per heavy atom. The molecule has 21 heavy (non-hydrogen) atoms. The fourth-order valence-corrected chi connectivity index (χ4v) is 2.40. The summed E-state index contributed by atoms with van der Waals surface area (Å²) in [6.45, 7) is 2.41. The smallest absolute Gasteiger partial charge is 0.258 e. The molecule has 1 heterocycles. The molecule has 116 valence electrons. The van der Waals surface area contributed by atoms with Crippen LogP contribution in [0, 0.1) is 0 Å². The van der Waals surface area contributed by atoms with E-state index in [2.05, 4.69) is 5.32 Å². The average molecular weight is 295 g/mol. The van der Waals surface area contributed by atoms with Gasteiger partial charge in [-0.15, -0.1) is 0 Å². The second-order valence-electron chi connectivity index (χ2n) is 5.09. The van der Waals surface area contributed by atoms with E-state index in [4.69, 9.17) is 14.2 Å². The number of amides is 1. The minimum absolute atomic E-state index is 0.119. The first-order valence-electron chi connectivity index (χ1n) is 6.85. The van der Waals surface area contributed by atoms with E-state index in [0.29, 0.717) is 30.1 Å². The number of nitrogens with one attached hydrogen (secondary N) is 1. The predicted molar refractivity (Wildman–Crippen MR) is 76.9 cm³/mol. The van der Waals surface area contributed by atoms with Crippen molar-refractivity contribution < 1.29 is 24.1 Å². The van der Waals surface area contributed by atoms with Crippen LogP contribution in [-0.2, 0) is 4.74 Å². The Labute approximate surface area is 124 Å². The van der Waals surface area contributed by atoms with Gasteiger partial charge in [0.25, 0.3) is 5.91 Å². The Morgan fingerprint density at radius 2 is 2.05 bits per heavy atom. The van der Waals surface area contributed by atoms with Gasteiger partial charge in [-0.2, -0.15) is 0 Å². The Balaban J connectivity index is 2.14. The summed E-state index contributed by atoms with van der Waals surface area (Å²) in [5.74, 6) is 0.501. The van der Waals surface area contributed by atoms with Crippen LogP contribution < -0.4 is 14.8 Å². The van der Waals surface area contributed by atoms with E-state index in [1.807, 2.05) is 0 Å². The Morgan fingerprint density at radius 1 is 1.43 bits per heavy atom. The lowest BCUT2D eigenvalue weighted by atomic mass is 9.96. The Bertz CT molecular complexity index is 497. The van der Waals surface area contributed by atoms with E-state index in [1.165, 1.54) is 14.2 Å². The largest absolute Gasteiger partial charge is 0.496 e. The van der Waals surface area contributed by atoms with Crippen molar-refractivity contribution in [3.05, 3.63) is 23.8 Å². The highest BCUT2D eigenvalue weighted by Crippen LogP contribution is 2.29. The van der Waals surface area contributed by atoms with Crippen LogP contribution >= 0.6 is 0 Å². The zero-order chi connectivity index (χ0) is 15.5. The Hall–Kier alpha value is -1.79. The fraction of sp³-hybridized carbons (Fsp3) is 0.533. The summed E-state index contributed by atoms with van der Waals surface area (Å²) in [7, 11) is 2.98. The van der Waals surface area contributed by atoms with Gasteiger partial charge >= 0.3 is 0 Å². The average Bonchev–Trinajstić information content (AvgIpc) is 2.83. The van der Waals surface area contributed by atoms with Crippen LogP contribution in [0.15, 0.2) is 18.2 Å². The molecule has 0 bridgehead atoms. The zero-order valence-electron chi connectivity index (χ0n) is 12.5. The van der Waals surface area contributed by atoms with Gasteiger partial charge in [0.1, 0.15) is 22.7 Å². The second kappa shape index (κ2) is 6.32. The second-order valence-corrected chi connectivity index (χ2v) is 5.09. The summed E-state index contributed by atoms with van der Waals surface area (Å²) >= 11 is 0. The van der Waals surface area contributed by atoms with Crippen molar-refractivity contribution in [2.75, 3.05) is 27.4 Å². The number of ether oxygens (including phenoxy) is 3. The molecule has 1 aromatic carbocycles. The van der Waals surface area contributed by atoms with Crippen molar-refractivity contribution in [1.29, 1.82) is 0 Å². The number of carbonyl (C=O) groups is 1. The SMILES string of the molecule is COc1cccc(OC)c1C(=O)NCC1(O)CCOC1C. The minimum atomic E-state index is -1.04. The Kier molecular flexibility index (Phi) is 4.69. The molecule has 1 aliphatic rings. The summed E-state index contributed by atoms with van der Waals surface area (Å²) < 4.78 is 15.7. The number of carbonyl (C=O) groups excluding carboxylic acids is 1. The van der Waals surface area contributed by atoms with Crippen molar-refractivity contribution in [2.45, 2.75) is 25.0 Å². The first kappa shape index (κ1) is 15.6. The van der Waals surface area contributed by atoms with E-state index < -0.39 is 5.60 Å². The maximum atomic E-state index is 12.4. The van der Waals surface area contributed by atoms with Crippen molar-refractivity contribution in [2.24, 2.45) is 0 Å². The summed E-state index contributed by atoms with van der Waals surface area (Å²) in [6.07, 6.45) is 0.190. The maximum Gasteiger partial charge on any atom is 0.258 e. The highest BCUT2D eigenvalue weighted by Gasteiger charge is 2.40. The third-order valence-electron chi connectivity index (χ3n) is 3.87. The molecule has 0 aromatic heterocycles. The van der Waals surface area contributed by atoms with Crippen molar-refractivity contribution >= 4 is 5.91 Å². The van der Waals surface area contributed by atoms with Gasteiger partial charge in [0.05, 0.1) is 20.3 Å². The van der Waals surface area contributed by atoms with Crippen LogP contribution in [0.4, 0.5) is 0 Å². The van der Waals surface area contributed by atoms with Crippen LogP contribution in [0.25, 0.3) is 0 Å². The van der Waals surface area contributed by atoms with Crippen LogP contribution in [0.5, 0.6) is 11.5 Å². The van der Waals surface area contributed by atoms with E-state index in [9.17, 15) is 9.90 Å². The van der Waals surface area contributed by atoms with E-state index >= 15 is 0 Å². The first-order chi connectivity index (χ1) is 10.0. The predicted octanol–water partition coefficient (Wildman–Crippen LogP) is 0.973. The van der Waals surface area contributed by atoms with Gasteiger partial charge in [0.2, 0.25) is 0 Å². The molecular weight excluding hydrogens is 274 g/mol. The van der Waals surface area contributed by atoms with Crippen LogP contribution in [-0.4, -0.2) is 50.1 Å². The molecular formula is C15H21NO5. The van der Waals surface area contributed by atoms with Crippen LogP contribution in [0.3, 0.4) is 0 Å². The standard InChI is InChI=1S/C15H21NO5/c1-10-15(18,7-8-21-10)9-16-14(17)13-11(19-2)5-4-6-12(13)20-3/h4-6,10,18H,7-9H2,1-3H3,(H,16,17). The lowest BCUT2D eigenvalue weighted by molar-refractivity contribution is -0.0252. The summed E-state index contributed by atoms with van der Waals surface area (Å²) in [6, 6.07) is 5.12. The van der Waals surface area contributed by atoms with Crippen LogP contribution in [0.2, 0.25) is 0 Å². The summed E-state index contributed by atoms with van der Waals surface area (Å²) in [5.41, 5.74) is -0.720. The number of benzene rings is 1. The first-order valence-corrected chi connectivity index (χ1v) is 6.85. The highest BCUT2D eigenvalue weighted by atomic mass is 16.5. The van der Waals surface area contributed by atoms with Crippen molar-refractivity contribution in [3.63, 3.8) is 0 Å². The molecule has 6 heteroatoms. The monoisotopic (exact) mass is 295 g/mol. The topological polar surface area (TPSA) is 77.0 Å². The molecule has 0 saturated carbocycles. The van der Waals surface area contributed by atoms with Crippen molar-refractivity contribution in [1.82, 2.24) is 5.32 Å². The molecule has 2 N–H and O–H groups in total. The lowest BCUT2D eigenvalue weighted by Gasteiger charge is -2.26. The molecule has 2 unspecified atom stereocenters. The number of hydrogen-bond donors (Lipinski definition) is 2. The molecule has 2 atom stereocenters. The molecule has 0 radical (unpaired) electrons. The van der Waals surface area contributed by atoms with Gasteiger partial charge in [-0.3, -0.25) is 4.79 Å².